The minimum absolute atomic E-state index is 0.430. The molecule has 1 aromatic carbocycles. The van der Waals surface area contributed by atoms with Gasteiger partial charge in [0.05, 0.1) is 19.4 Å². The number of rotatable bonds is 6. The van der Waals surface area contributed by atoms with Crippen molar-refractivity contribution in [2.24, 2.45) is 4.99 Å². The molecule has 124 valence electrons. The van der Waals surface area contributed by atoms with E-state index in [0.29, 0.717) is 24.0 Å². The number of anilines is 3. The quantitative estimate of drug-likeness (QED) is 0.848. The van der Waals surface area contributed by atoms with Gasteiger partial charge in [-0.1, -0.05) is 0 Å². The van der Waals surface area contributed by atoms with Gasteiger partial charge >= 0.3 is 0 Å². The van der Waals surface area contributed by atoms with Crippen LogP contribution in [0.5, 0.6) is 11.6 Å². The van der Waals surface area contributed by atoms with Crippen LogP contribution in [0, 0.1) is 0 Å². The van der Waals surface area contributed by atoms with Gasteiger partial charge < -0.3 is 20.5 Å². The Morgan fingerprint density at radius 2 is 2.12 bits per heavy atom. The molecule has 0 fully saturated rings. The third kappa shape index (κ3) is 3.32. The zero-order valence-corrected chi connectivity index (χ0v) is 13.7. The normalized spacial score (nSPS) is 12.8. The van der Waals surface area contributed by atoms with Crippen molar-refractivity contribution in [3.63, 3.8) is 0 Å². The van der Waals surface area contributed by atoms with E-state index in [2.05, 4.69) is 15.3 Å². The summed E-state index contributed by atoms with van der Waals surface area (Å²) in [5.41, 5.74) is 9.42. The molecule has 0 radical (unpaired) electrons. The highest BCUT2D eigenvalue weighted by Gasteiger charge is 2.12. The van der Waals surface area contributed by atoms with Crippen LogP contribution in [0.3, 0.4) is 0 Å². The van der Waals surface area contributed by atoms with E-state index in [1.165, 1.54) is 0 Å². The lowest BCUT2D eigenvalue weighted by Gasteiger charge is -2.13. The lowest BCUT2D eigenvalue weighted by Crippen LogP contribution is -2.02. The van der Waals surface area contributed by atoms with Gasteiger partial charge in [-0.05, 0) is 36.8 Å². The van der Waals surface area contributed by atoms with Crippen LogP contribution in [0.15, 0.2) is 41.5 Å². The number of aromatic nitrogens is 1. The highest BCUT2D eigenvalue weighted by Crippen LogP contribution is 2.33. The van der Waals surface area contributed by atoms with Crippen molar-refractivity contribution in [3.8, 4) is 11.6 Å². The number of ether oxygens (including phenoxy) is 2. The Bertz CT molecular complexity index is 800. The fraction of sp³-hybridized carbons (Fsp3) is 0.222. The highest BCUT2D eigenvalue weighted by molar-refractivity contribution is 5.86. The fourth-order valence-electron chi connectivity index (χ4n) is 2.48. The molecule has 3 N–H and O–H groups in total. The molecule has 2 aromatic rings. The zero-order chi connectivity index (χ0) is 16.9. The van der Waals surface area contributed by atoms with E-state index in [9.17, 15) is 0 Å². The molecule has 0 unspecified atom stereocenters. The maximum absolute atomic E-state index is 5.85. The van der Waals surface area contributed by atoms with Crippen LogP contribution >= 0.6 is 0 Å². The van der Waals surface area contributed by atoms with Crippen LogP contribution in [0.1, 0.15) is 18.9 Å². The number of nitrogens with zero attached hydrogens (tertiary/aromatic N) is 2. The average molecular weight is 324 g/mol. The maximum atomic E-state index is 5.85. The standard InChI is InChI=1S/C18H20N4O2/c1-3-24-18-15(19)6-7-17(22-18)21-13-4-5-14(16(10-13)23-2)12-8-9-20-11-12/h4-7,9-11H,3,8,19H2,1-2H3,(H,21,22). The summed E-state index contributed by atoms with van der Waals surface area (Å²) in [5, 5.41) is 3.25. The molecule has 0 saturated carbocycles. The van der Waals surface area contributed by atoms with Crippen LogP contribution in [-0.4, -0.2) is 24.9 Å². The second kappa shape index (κ2) is 7.04. The number of benzene rings is 1. The first-order valence-electron chi connectivity index (χ1n) is 7.76. The Balaban J connectivity index is 1.84. The first kappa shape index (κ1) is 15.9. The Kier molecular flexibility index (Phi) is 4.65. The molecule has 2 heterocycles. The molecule has 1 aromatic heterocycles. The number of hydrogen-bond acceptors (Lipinski definition) is 6. The molecule has 3 rings (SSSR count). The summed E-state index contributed by atoms with van der Waals surface area (Å²) in [7, 11) is 1.66. The largest absolute Gasteiger partial charge is 0.496 e. The number of aliphatic imine (C=N–C) groups is 1. The Hall–Kier alpha value is -3.02. The predicted molar refractivity (Wildman–Crippen MR) is 97.2 cm³/mol. The molecular formula is C18H20N4O2. The Morgan fingerprint density at radius 3 is 2.83 bits per heavy atom. The van der Waals surface area contributed by atoms with E-state index in [0.717, 1.165) is 29.0 Å². The van der Waals surface area contributed by atoms with E-state index in [1.807, 2.05) is 43.6 Å². The van der Waals surface area contributed by atoms with Crippen molar-refractivity contribution in [1.82, 2.24) is 4.98 Å². The zero-order valence-electron chi connectivity index (χ0n) is 13.7. The molecule has 0 atom stereocenters. The number of nitrogens with one attached hydrogen (secondary N) is 1. The van der Waals surface area contributed by atoms with Gasteiger partial charge in [-0.15, -0.1) is 0 Å². The van der Waals surface area contributed by atoms with Crippen LogP contribution < -0.4 is 20.5 Å². The summed E-state index contributed by atoms with van der Waals surface area (Å²) in [6.07, 6.45) is 4.57. The van der Waals surface area contributed by atoms with Gasteiger partial charge in [-0.25, -0.2) is 0 Å². The molecule has 1 aliphatic rings. The van der Waals surface area contributed by atoms with Gasteiger partial charge in [0.1, 0.15) is 11.6 Å². The van der Waals surface area contributed by atoms with Crippen molar-refractivity contribution in [1.29, 1.82) is 0 Å². The Labute approximate surface area is 141 Å². The topological polar surface area (TPSA) is 81.8 Å². The van der Waals surface area contributed by atoms with Crippen LogP contribution in [0.4, 0.5) is 17.2 Å². The van der Waals surface area contributed by atoms with Gasteiger partial charge in [-0.3, -0.25) is 4.99 Å². The monoisotopic (exact) mass is 324 g/mol. The first-order chi connectivity index (χ1) is 11.7. The molecular weight excluding hydrogens is 304 g/mol. The molecule has 6 nitrogen and oxygen atoms in total. The minimum atomic E-state index is 0.430. The van der Waals surface area contributed by atoms with Gasteiger partial charge in [0.25, 0.3) is 0 Å². The molecule has 0 amide bonds. The van der Waals surface area contributed by atoms with Crippen LogP contribution in [-0.2, 0) is 0 Å². The third-order valence-electron chi connectivity index (χ3n) is 3.64. The van der Waals surface area contributed by atoms with Crippen molar-refractivity contribution in [2.75, 3.05) is 24.8 Å². The summed E-state index contributed by atoms with van der Waals surface area (Å²) in [6, 6.07) is 9.52. The Morgan fingerprint density at radius 1 is 1.25 bits per heavy atom. The molecule has 0 bridgehead atoms. The van der Waals surface area contributed by atoms with Crippen LogP contribution in [0.25, 0.3) is 5.57 Å². The number of allylic oxidation sites excluding steroid dienone is 1. The molecule has 0 spiro atoms. The summed E-state index contributed by atoms with van der Waals surface area (Å²) < 4.78 is 10.9. The van der Waals surface area contributed by atoms with Crippen molar-refractivity contribution in [2.45, 2.75) is 13.3 Å². The summed E-state index contributed by atoms with van der Waals surface area (Å²) in [5.74, 6) is 1.88. The van der Waals surface area contributed by atoms with Crippen molar-refractivity contribution in [3.05, 3.63) is 42.1 Å². The predicted octanol–water partition coefficient (Wildman–Crippen LogP) is 3.63. The number of nitrogen functional groups attached to an aromatic ring is 1. The number of methoxy groups -OCH3 is 1. The molecule has 0 saturated heterocycles. The van der Waals surface area contributed by atoms with Gasteiger partial charge in [0.2, 0.25) is 5.88 Å². The fourth-order valence-corrected chi connectivity index (χ4v) is 2.48. The summed E-state index contributed by atoms with van der Waals surface area (Å²) >= 11 is 0. The number of nitrogens with two attached hydrogens (primary N) is 1. The smallest absolute Gasteiger partial charge is 0.239 e. The molecule has 24 heavy (non-hydrogen) atoms. The number of pyridine rings is 1. The first-order valence-corrected chi connectivity index (χ1v) is 7.76. The lowest BCUT2D eigenvalue weighted by molar-refractivity contribution is 0.329. The second-order valence-corrected chi connectivity index (χ2v) is 5.25. The van der Waals surface area contributed by atoms with E-state index < -0.39 is 0 Å². The summed E-state index contributed by atoms with van der Waals surface area (Å²) in [6.45, 7) is 2.41. The van der Waals surface area contributed by atoms with Crippen LogP contribution in [0.2, 0.25) is 0 Å². The minimum Gasteiger partial charge on any atom is -0.496 e. The van der Waals surface area contributed by atoms with Crippen molar-refractivity contribution < 1.29 is 9.47 Å². The van der Waals surface area contributed by atoms with E-state index in [4.69, 9.17) is 15.2 Å². The van der Waals surface area contributed by atoms with Crippen molar-refractivity contribution >= 4 is 29.0 Å². The number of hydrogen-bond donors (Lipinski definition) is 2. The highest BCUT2D eigenvalue weighted by atomic mass is 16.5. The van der Waals surface area contributed by atoms with E-state index >= 15 is 0 Å². The lowest BCUT2D eigenvalue weighted by atomic mass is 10.0. The summed E-state index contributed by atoms with van der Waals surface area (Å²) in [4.78, 5) is 8.53. The van der Waals surface area contributed by atoms with E-state index in [1.54, 1.807) is 13.2 Å². The maximum Gasteiger partial charge on any atom is 0.239 e. The SMILES string of the molecule is CCOc1nc(Nc2ccc(C3=CN=CC3)c(OC)c2)ccc1N. The van der Waals surface area contributed by atoms with Gasteiger partial charge in [0, 0.05) is 36.2 Å². The average Bonchev–Trinajstić information content (AvgIpc) is 3.12. The molecule has 6 heteroatoms. The molecule has 0 aliphatic carbocycles. The third-order valence-corrected chi connectivity index (χ3v) is 3.64. The van der Waals surface area contributed by atoms with E-state index in [-0.39, 0.29) is 0 Å². The second-order valence-electron chi connectivity index (χ2n) is 5.25. The van der Waals surface area contributed by atoms with Gasteiger partial charge in [-0.2, -0.15) is 4.98 Å². The van der Waals surface area contributed by atoms with Gasteiger partial charge in [0.15, 0.2) is 0 Å². The molecule has 1 aliphatic heterocycles.